The van der Waals surface area contributed by atoms with Crippen molar-refractivity contribution < 1.29 is 9.84 Å². The first-order valence-corrected chi connectivity index (χ1v) is 6.02. The first-order valence-electron chi connectivity index (χ1n) is 4.98. The SMILES string of the molecule is O=c1ccn([C@@H]2O[C@H](CO)[C@@H](S)[C@H]2S)c(=O)[nH]1. The molecule has 0 aliphatic carbocycles. The Balaban J connectivity index is 2.35. The van der Waals surface area contributed by atoms with Gasteiger partial charge in [0.05, 0.1) is 18.0 Å². The summed E-state index contributed by atoms with van der Waals surface area (Å²) in [6.45, 7) is -0.195. The van der Waals surface area contributed by atoms with E-state index in [-0.39, 0.29) is 17.1 Å². The molecule has 94 valence electrons. The van der Waals surface area contributed by atoms with Gasteiger partial charge >= 0.3 is 5.69 Å². The summed E-state index contributed by atoms with van der Waals surface area (Å²) in [4.78, 5) is 24.7. The van der Waals surface area contributed by atoms with Crippen LogP contribution in [0.5, 0.6) is 0 Å². The third-order valence-electron chi connectivity index (χ3n) is 2.64. The fourth-order valence-corrected chi connectivity index (χ4v) is 2.46. The predicted octanol–water partition coefficient (Wildman–Crippen LogP) is -0.977. The molecule has 6 nitrogen and oxygen atoms in total. The number of aromatic nitrogens is 2. The van der Waals surface area contributed by atoms with Gasteiger partial charge in [-0.1, -0.05) is 0 Å². The van der Waals surface area contributed by atoms with E-state index < -0.39 is 23.6 Å². The van der Waals surface area contributed by atoms with Gasteiger partial charge in [-0.05, 0) is 0 Å². The molecule has 1 aromatic heterocycles. The maximum atomic E-state index is 11.6. The molecule has 8 heteroatoms. The lowest BCUT2D eigenvalue weighted by Crippen LogP contribution is -2.34. The van der Waals surface area contributed by atoms with Gasteiger partial charge < -0.3 is 9.84 Å². The molecule has 2 rings (SSSR count). The fraction of sp³-hybridized carbons (Fsp3) is 0.556. The quantitative estimate of drug-likeness (QED) is 0.523. The number of aliphatic hydroxyl groups is 1. The monoisotopic (exact) mass is 276 g/mol. The number of thiol groups is 2. The van der Waals surface area contributed by atoms with Gasteiger partial charge in [0, 0.05) is 17.5 Å². The maximum absolute atomic E-state index is 11.6. The summed E-state index contributed by atoms with van der Waals surface area (Å²) in [6, 6.07) is 1.23. The summed E-state index contributed by atoms with van der Waals surface area (Å²) >= 11 is 8.59. The molecular weight excluding hydrogens is 264 g/mol. The lowest BCUT2D eigenvalue weighted by atomic mass is 10.2. The molecule has 4 atom stereocenters. The minimum Gasteiger partial charge on any atom is -0.394 e. The van der Waals surface area contributed by atoms with Gasteiger partial charge in [-0.3, -0.25) is 14.3 Å². The Morgan fingerprint density at radius 1 is 1.41 bits per heavy atom. The number of H-pyrrole nitrogens is 1. The number of nitrogens with one attached hydrogen (secondary N) is 1. The molecule has 1 fully saturated rings. The van der Waals surface area contributed by atoms with Crippen molar-refractivity contribution in [2.75, 3.05) is 6.61 Å². The minimum atomic E-state index is -0.651. The van der Waals surface area contributed by atoms with Crippen LogP contribution in [-0.2, 0) is 4.74 Å². The van der Waals surface area contributed by atoms with Gasteiger partial charge in [0.25, 0.3) is 5.56 Å². The lowest BCUT2D eigenvalue weighted by molar-refractivity contribution is -0.0223. The Bertz CT molecular complexity index is 514. The van der Waals surface area contributed by atoms with Crippen molar-refractivity contribution in [1.82, 2.24) is 9.55 Å². The molecule has 2 N–H and O–H groups in total. The molecule has 0 spiro atoms. The van der Waals surface area contributed by atoms with Crippen LogP contribution in [0.3, 0.4) is 0 Å². The second-order valence-corrected chi connectivity index (χ2v) is 4.94. The zero-order valence-corrected chi connectivity index (χ0v) is 10.5. The summed E-state index contributed by atoms with van der Waals surface area (Å²) in [7, 11) is 0. The molecule has 1 saturated heterocycles. The van der Waals surface area contributed by atoms with Crippen molar-refractivity contribution in [1.29, 1.82) is 0 Å². The van der Waals surface area contributed by atoms with Crippen molar-refractivity contribution in [3.63, 3.8) is 0 Å². The Hall–Kier alpha value is -0.700. The molecule has 1 aliphatic heterocycles. The largest absolute Gasteiger partial charge is 0.394 e. The van der Waals surface area contributed by atoms with E-state index in [4.69, 9.17) is 9.84 Å². The van der Waals surface area contributed by atoms with Gasteiger partial charge in [0.1, 0.15) is 0 Å². The van der Waals surface area contributed by atoms with E-state index in [1.807, 2.05) is 0 Å². The first kappa shape index (κ1) is 12.7. The highest BCUT2D eigenvalue weighted by Crippen LogP contribution is 2.34. The van der Waals surface area contributed by atoms with E-state index >= 15 is 0 Å². The van der Waals surface area contributed by atoms with Crippen LogP contribution in [-0.4, -0.2) is 37.9 Å². The van der Waals surface area contributed by atoms with Crippen LogP contribution in [0.25, 0.3) is 0 Å². The smallest absolute Gasteiger partial charge is 0.330 e. The second kappa shape index (κ2) is 4.89. The topological polar surface area (TPSA) is 84.3 Å². The van der Waals surface area contributed by atoms with E-state index in [1.54, 1.807) is 0 Å². The minimum absolute atomic E-state index is 0.195. The second-order valence-electron chi connectivity index (χ2n) is 3.75. The van der Waals surface area contributed by atoms with Gasteiger partial charge in [0.2, 0.25) is 0 Å². The zero-order valence-electron chi connectivity index (χ0n) is 8.68. The van der Waals surface area contributed by atoms with E-state index in [2.05, 4.69) is 30.2 Å². The molecule has 0 amide bonds. The van der Waals surface area contributed by atoms with Gasteiger partial charge in [0.15, 0.2) is 6.23 Å². The standard InChI is InChI=1S/C9H12N2O4S2/c12-3-4-6(16)7(17)8(15-4)11-2-1-5(13)10-9(11)14/h1-2,4,6-8,12,16-17H,3H2,(H,10,13,14)/t4-,6-,7-,8-/m1/s1. The molecule has 1 aliphatic rings. The first-order chi connectivity index (χ1) is 8.04. The van der Waals surface area contributed by atoms with Crippen molar-refractivity contribution in [2.45, 2.75) is 22.8 Å². The average molecular weight is 276 g/mol. The highest BCUT2D eigenvalue weighted by atomic mass is 32.1. The predicted molar refractivity (Wildman–Crippen MR) is 67.9 cm³/mol. The van der Waals surface area contributed by atoms with Crippen LogP contribution in [0.4, 0.5) is 0 Å². The van der Waals surface area contributed by atoms with Crippen LogP contribution in [0.1, 0.15) is 6.23 Å². The number of rotatable bonds is 2. The van der Waals surface area contributed by atoms with Crippen molar-refractivity contribution in [3.05, 3.63) is 33.1 Å². The number of aliphatic hydroxyl groups excluding tert-OH is 1. The van der Waals surface area contributed by atoms with E-state index in [9.17, 15) is 9.59 Å². The highest BCUT2D eigenvalue weighted by molar-refractivity contribution is 7.85. The fourth-order valence-electron chi connectivity index (χ4n) is 1.74. The summed E-state index contributed by atoms with van der Waals surface area (Å²) in [5, 5.41) is 8.45. The van der Waals surface area contributed by atoms with Crippen LogP contribution in [0.15, 0.2) is 21.9 Å². The Morgan fingerprint density at radius 2 is 2.12 bits per heavy atom. The Kier molecular flexibility index (Phi) is 3.67. The van der Waals surface area contributed by atoms with Crippen molar-refractivity contribution >= 4 is 25.3 Å². The third kappa shape index (κ3) is 2.30. The molecule has 0 saturated carbocycles. The van der Waals surface area contributed by atoms with Crippen LogP contribution in [0, 0.1) is 0 Å². The molecule has 17 heavy (non-hydrogen) atoms. The van der Waals surface area contributed by atoms with Crippen LogP contribution < -0.4 is 11.2 Å². The van der Waals surface area contributed by atoms with Gasteiger partial charge in [-0.2, -0.15) is 25.3 Å². The van der Waals surface area contributed by atoms with Crippen LogP contribution in [0.2, 0.25) is 0 Å². The maximum Gasteiger partial charge on any atom is 0.330 e. The molecule has 1 aromatic rings. The number of hydrogen-bond acceptors (Lipinski definition) is 6. The van der Waals surface area contributed by atoms with Crippen LogP contribution >= 0.6 is 25.3 Å². The lowest BCUT2D eigenvalue weighted by Gasteiger charge is -2.17. The van der Waals surface area contributed by atoms with Gasteiger partial charge in [-0.25, -0.2) is 4.79 Å². The van der Waals surface area contributed by atoms with E-state index in [1.165, 1.54) is 16.8 Å². The zero-order chi connectivity index (χ0) is 12.6. The van der Waals surface area contributed by atoms with Crippen molar-refractivity contribution in [3.8, 4) is 0 Å². The Labute approximate surface area is 107 Å². The molecule has 0 unspecified atom stereocenters. The summed E-state index contributed by atoms with van der Waals surface area (Å²) in [5.41, 5.74) is -1.04. The molecule has 0 radical (unpaired) electrons. The number of aromatic amines is 1. The molecule has 0 aromatic carbocycles. The van der Waals surface area contributed by atoms with E-state index in [0.29, 0.717) is 0 Å². The number of ether oxygens (including phenoxy) is 1. The average Bonchev–Trinajstić information content (AvgIpc) is 2.57. The van der Waals surface area contributed by atoms with Gasteiger partial charge in [-0.15, -0.1) is 0 Å². The van der Waals surface area contributed by atoms with Crippen molar-refractivity contribution in [2.24, 2.45) is 0 Å². The highest BCUT2D eigenvalue weighted by Gasteiger charge is 2.41. The molecular formula is C9H12N2O4S2. The summed E-state index contributed by atoms with van der Waals surface area (Å²) in [6.07, 6.45) is 0.210. The summed E-state index contributed by atoms with van der Waals surface area (Å²) in [5.74, 6) is 0. The summed E-state index contributed by atoms with van der Waals surface area (Å²) < 4.78 is 6.71. The number of nitrogens with zero attached hydrogens (tertiary/aromatic N) is 1. The third-order valence-corrected chi connectivity index (χ3v) is 4.11. The number of hydrogen-bond donors (Lipinski definition) is 4. The normalized spacial score (nSPS) is 32.9. The molecule has 0 bridgehead atoms. The van der Waals surface area contributed by atoms with E-state index in [0.717, 1.165) is 0 Å². The Morgan fingerprint density at radius 3 is 2.65 bits per heavy atom. The molecule has 2 heterocycles.